The van der Waals surface area contributed by atoms with E-state index in [0.29, 0.717) is 12.4 Å². The maximum Gasteiger partial charge on any atom is 0.122 e. The van der Waals surface area contributed by atoms with Crippen LogP contribution in [0.3, 0.4) is 0 Å². The highest BCUT2D eigenvalue weighted by Gasteiger charge is 2.36. The smallest absolute Gasteiger partial charge is 0.122 e. The number of nitrogens with zero attached hydrogens (tertiary/aromatic N) is 2. The Hall–Kier alpha value is -1.03. The van der Waals surface area contributed by atoms with E-state index in [9.17, 15) is 0 Å². The molecule has 1 fully saturated rings. The van der Waals surface area contributed by atoms with Crippen molar-refractivity contribution in [1.82, 2.24) is 9.78 Å². The standard InChI is InChI=1S/C10H17N3O/c1-10(3-2-4-10)8-7-9(11)13(12-8)5-6-14/h7,14H,2-6,11H2,1H3. The molecule has 0 bridgehead atoms. The van der Waals surface area contributed by atoms with E-state index in [4.69, 9.17) is 10.8 Å². The van der Waals surface area contributed by atoms with Crippen molar-refractivity contribution >= 4 is 5.82 Å². The fraction of sp³-hybridized carbons (Fsp3) is 0.700. The van der Waals surface area contributed by atoms with Gasteiger partial charge in [0.25, 0.3) is 0 Å². The van der Waals surface area contributed by atoms with Gasteiger partial charge in [0.05, 0.1) is 18.8 Å². The van der Waals surface area contributed by atoms with E-state index in [1.54, 1.807) is 4.68 Å². The van der Waals surface area contributed by atoms with Crippen LogP contribution in [-0.4, -0.2) is 21.5 Å². The van der Waals surface area contributed by atoms with Gasteiger partial charge in [-0.3, -0.25) is 0 Å². The summed E-state index contributed by atoms with van der Waals surface area (Å²) in [5, 5.41) is 13.2. The Morgan fingerprint density at radius 3 is 2.86 bits per heavy atom. The van der Waals surface area contributed by atoms with E-state index in [1.165, 1.54) is 19.3 Å². The van der Waals surface area contributed by atoms with E-state index >= 15 is 0 Å². The number of hydrogen-bond donors (Lipinski definition) is 2. The molecule has 4 heteroatoms. The van der Waals surface area contributed by atoms with Crippen LogP contribution in [-0.2, 0) is 12.0 Å². The molecule has 2 rings (SSSR count). The number of hydrogen-bond acceptors (Lipinski definition) is 3. The van der Waals surface area contributed by atoms with Crippen LogP contribution < -0.4 is 5.73 Å². The minimum Gasteiger partial charge on any atom is -0.394 e. The molecule has 0 atom stereocenters. The van der Waals surface area contributed by atoms with Gasteiger partial charge < -0.3 is 10.8 Å². The van der Waals surface area contributed by atoms with Crippen molar-refractivity contribution in [3.8, 4) is 0 Å². The normalized spacial score (nSPS) is 19.3. The van der Waals surface area contributed by atoms with Crippen molar-refractivity contribution in [2.45, 2.75) is 38.1 Å². The van der Waals surface area contributed by atoms with Crippen molar-refractivity contribution in [2.75, 3.05) is 12.3 Å². The van der Waals surface area contributed by atoms with Crippen molar-refractivity contribution in [1.29, 1.82) is 0 Å². The summed E-state index contributed by atoms with van der Waals surface area (Å²) in [4.78, 5) is 0. The number of aliphatic hydroxyl groups is 1. The number of aromatic nitrogens is 2. The first-order chi connectivity index (χ1) is 6.65. The van der Waals surface area contributed by atoms with Gasteiger partial charge in [0, 0.05) is 11.5 Å². The highest BCUT2D eigenvalue weighted by molar-refractivity contribution is 5.35. The molecule has 1 saturated carbocycles. The molecule has 0 saturated heterocycles. The van der Waals surface area contributed by atoms with Crippen LogP contribution in [0.25, 0.3) is 0 Å². The molecule has 0 unspecified atom stereocenters. The first-order valence-corrected chi connectivity index (χ1v) is 5.10. The lowest BCUT2D eigenvalue weighted by Gasteiger charge is -2.36. The molecule has 1 aliphatic rings. The molecule has 1 heterocycles. The van der Waals surface area contributed by atoms with E-state index in [1.807, 2.05) is 6.07 Å². The average Bonchev–Trinajstić information content (AvgIpc) is 2.45. The van der Waals surface area contributed by atoms with Gasteiger partial charge >= 0.3 is 0 Å². The summed E-state index contributed by atoms with van der Waals surface area (Å²) in [5.41, 5.74) is 7.10. The minimum absolute atomic E-state index is 0.0854. The summed E-state index contributed by atoms with van der Waals surface area (Å²) in [6, 6.07) is 1.94. The molecule has 78 valence electrons. The van der Waals surface area contributed by atoms with Gasteiger partial charge in [-0.05, 0) is 12.8 Å². The van der Waals surface area contributed by atoms with Crippen LogP contribution in [0.5, 0.6) is 0 Å². The number of nitrogen functional groups attached to an aromatic ring is 1. The quantitative estimate of drug-likeness (QED) is 0.753. The molecule has 4 nitrogen and oxygen atoms in total. The highest BCUT2D eigenvalue weighted by Crippen LogP contribution is 2.42. The summed E-state index contributed by atoms with van der Waals surface area (Å²) in [6.07, 6.45) is 3.68. The lowest BCUT2D eigenvalue weighted by atomic mass is 9.68. The van der Waals surface area contributed by atoms with E-state index in [2.05, 4.69) is 12.0 Å². The van der Waals surface area contributed by atoms with Gasteiger partial charge in [-0.1, -0.05) is 13.3 Å². The molecule has 0 aromatic carbocycles. The van der Waals surface area contributed by atoms with Gasteiger partial charge in [0.1, 0.15) is 5.82 Å². The van der Waals surface area contributed by atoms with Gasteiger partial charge in [-0.25, -0.2) is 4.68 Å². The van der Waals surface area contributed by atoms with Crippen molar-refractivity contribution in [2.24, 2.45) is 0 Å². The van der Waals surface area contributed by atoms with Gasteiger partial charge in [-0.15, -0.1) is 0 Å². The summed E-state index contributed by atoms with van der Waals surface area (Å²) in [7, 11) is 0. The average molecular weight is 195 g/mol. The van der Waals surface area contributed by atoms with Crippen LogP contribution >= 0.6 is 0 Å². The van der Waals surface area contributed by atoms with E-state index in [-0.39, 0.29) is 12.0 Å². The SMILES string of the molecule is CC1(c2cc(N)n(CCO)n2)CCC1. The van der Waals surface area contributed by atoms with Gasteiger partial charge in [-0.2, -0.15) is 5.10 Å². The van der Waals surface area contributed by atoms with Crippen molar-refractivity contribution in [3.05, 3.63) is 11.8 Å². The number of rotatable bonds is 3. The molecular formula is C10H17N3O. The Morgan fingerprint density at radius 1 is 1.64 bits per heavy atom. The Bertz CT molecular complexity index is 328. The molecule has 3 N–H and O–H groups in total. The third-order valence-electron chi connectivity index (χ3n) is 3.20. The molecule has 1 aliphatic carbocycles. The molecule has 1 aromatic rings. The summed E-state index contributed by atoms with van der Waals surface area (Å²) < 4.78 is 1.68. The second kappa shape index (κ2) is 3.28. The highest BCUT2D eigenvalue weighted by atomic mass is 16.3. The largest absolute Gasteiger partial charge is 0.394 e. The monoisotopic (exact) mass is 195 g/mol. The zero-order valence-electron chi connectivity index (χ0n) is 8.53. The Labute approximate surface area is 83.7 Å². The summed E-state index contributed by atoms with van der Waals surface area (Å²) >= 11 is 0. The van der Waals surface area contributed by atoms with Gasteiger partial charge in [0.2, 0.25) is 0 Å². The lowest BCUT2D eigenvalue weighted by Crippen LogP contribution is -2.31. The fourth-order valence-electron chi connectivity index (χ4n) is 1.96. The first-order valence-electron chi connectivity index (χ1n) is 5.10. The number of aliphatic hydroxyl groups excluding tert-OH is 1. The maximum atomic E-state index is 8.81. The molecule has 14 heavy (non-hydrogen) atoms. The molecule has 0 amide bonds. The molecule has 0 radical (unpaired) electrons. The molecule has 0 aliphatic heterocycles. The van der Waals surface area contributed by atoms with Crippen LogP contribution in [0, 0.1) is 0 Å². The Morgan fingerprint density at radius 2 is 2.36 bits per heavy atom. The second-order valence-electron chi connectivity index (χ2n) is 4.32. The second-order valence-corrected chi connectivity index (χ2v) is 4.32. The fourth-order valence-corrected chi connectivity index (χ4v) is 1.96. The topological polar surface area (TPSA) is 64.1 Å². The lowest BCUT2D eigenvalue weighted by molar-refractivity contribution is 0.252. The predicted octanol–water partition coefficient (Wildman–Crippen LogP) is 0.899. The Kier molecular flexibility index (Phi) is 2.23. The van der Waals surface area contributed by atoms with Crippen LogP contribution in [0.2, 0.25) is 0 Å². The number of anilines is 1. The predicted molar refractivity (Wildman–Crippen MR) is 54.9 cm³/mol. The van der Waals surface area contributed by atoms with Crippen LogP contribution in [0.1, 0.15) is 31.9 Å². The van der Waals surface area contributed by atoms with E-state index in [0.717, 1.165) is 5.69 Å². The number of nitrogens with two attached hydrogens (primary N) is 1. The maximum absolute atomic E-state index is 8.81. The minimum atomic E-state index is 0.0854. The molecular weight excluding hydrogens is 178 g/mol. The molecule has 0 spiro atoms. The third kappa shape index (κ3) is 1.39. The van der Waals surface area contributed by atoms with Crippen molar-refractivity contribution < 1.29 is 5.11 Å². The third-order valence-corrected chi connectivity index (χ3v) is 3.20. The molecule has 1 aromatic heterocycles. The summed E-state index contributed by atoms with van der Waals surface area (Å²) in [6.45, 7) is 2.80. The zero-order valence-corrected chi connectivity index (χ0v) is 8.53. The zero-order chi connectivity index (χ0) is 10.2. The van der Waals surface area contributed by atoms with Crippen LogP contribution in [0.15, 0.2) is 6.07 Å². The van der Waals surface area contributed by atoms with E-state index < -0.39 is 0 Å². The Balaban J connectivity index is 2.23. The summed E-state index contributed by atoms with van der Waals surface area (Å²) in [5.74, 6) is 0.655. The van der Waals surface area contributed by atoms with Gasteiger partial charge in [0.15, 0.2) is 0 Å². The first kappa shape index (κ1) is 9.52. The van der Waals surface area contributed by atoms with Crippen LogP contribution in [0.4, 0.5) is 5.82 Å². The van der Waals surface area contributed by atoms with Crippen molar-refractivity contribution in [3.63, 3.8) is 0 Å².